The number of pyridine rings is 1. The summed E-state index contributed by atoms with van der Waals surface area (Å²) in [5.74, 6) is 0.498. The van der Waals surface area contributed by atoms with Gasteiger partial charge in [-0.3, -0.25) is 4.98 Å². The molecule has 0 N–H and O–H groups in total. The molecule has 0 unspecified atom stereocenters. The summed E-state index contributed by atoms with van der Waals surface area (Å²) in [4.78, 5) is 8.78. The molecule has 0 radical (unpaired) electrons. The van der Waals surface area contributed by atoms with Crippen LogP contribution in [0, 0.1) is 5.92 Å². The standard InChI is InChI=1S/C18H20N2/c1-13(2)14(3)17-9-5-6-10-18(17)20-15(4)16-8-7-11-19-12-16/h5-13H,4H2,1-3H3/b17-14+,20-18?. The molecule has 1 aromatic heterocycles. The molecular weight excluding hydrogens is 244 g/mol. The van der Waals surface area contributed by atoms with Gasteiger partial charge in [0.25, 0.3) is 0 Å². The van der Waals surface area contributed by atoms with Gasteiger partial charge in [0.1, 0.15) is 0 Å². The summed E-state index contributed by atoms with van der Waals surface area (Å²) in [6.07, 6.45) is 11.7. The highest BCUT2D eigenvalue weighted by atomic mass is 14.8. The predicted molar refractivity (Wildman–Crippen MR) is 86.5 cm³/mol. The fraction of sp³-hybridized carbons (Fsp3) is 0.222. The molecule has 0 saturated carbocycles. The summed E-state index contributed by atoms with van der Waals surface area (Å²) in [5.41, 5.74) is 5.18. The maximum atomic E-state index is 4.68. The summed E-state index contributed by atoms with van der Waals surface area (Å²) in [5, 5.41) is 0. The van der Waals surface area contributed by atoms with Gasteiger partial charge in [0.15, 0.2) is 0 Å². The molecule has 0 spiro atoms. The van der Waals surface area contributed by atoms with E-state index < -0.39 is 0 Å². The van der Waals surface area contributed by atoms with Crippen molar-refractivity contribution >= 4 is 11.4 Å². The number of aromatic nitrogens is 1. The van der Waals surface area contributed by atoms with Crippen LogP contribution in [0.1, 0.15) is 26.3 Å². The lowest BCUT2D eigenvalue weighted by Gasteiger charge is -2.15. The lowest BCUT2D eigenvalue weighted by Crippen LogP contribution is -2.06. The largest absolute Gasteiger partial charge is 0.264 e. The minimum absolute atomic E-state index is 0.498. The average molecular weight is 264 g/mol. The lowest BCUT2D eigenvalue weighted by molar-refractivity contribution is 0.765. The molecule has 2 nitrogen and oxygen atoms in total. The second-order valence-corrected chi connectivity index (χ2v) is 5.16. The van der Waals surface area contributed by atoms with Crippen molar-refractivity contribution in [1.29, 1.82) is 0 Å². The number of hydrogen-bond acceptors (Lipinski definition) is 2. The van der Waals surface area contributed by atoms with E-state index in [0.717, 1.165) is 17.0 Å². The Morgan fingerprint density at radius 2 is 2.00 bits per heavy atom. The zero-order chi connectivity index (χ0) is 14.5. The smallest absolute Gasteiger partial charge is 0.0708 e. The van der Waals surface area contributed by atoms with Crippen LogP contribution in [0.5, 0.6) is 0 Å². The topological polar surface area (TPSA) is 25.2 Å². The van der Waals surface area contributed by atoms with Gasteiger partial charge in [-0.1, -0.05) is 44.2 Å². The molecule has 102 valence electrons. The normalized spacial score (nSPS) is 18.7. The molecule has 2 rings (SSSR count). The van der Waals surface area contributed by atoms with Gasteiger partial charge in [0.2, 0.25) is 0 Å². The third kappa shape index (κ3) is 3.21. The maximum absolute atomic E-state index is 4.68. The number of allylic oxidation sites excluding steroid dienone is 6. The van der Waals surface area contributed by atoms with Crippen molar-refractivity contribution in [2.24, 2.45) is 10.9 Å². The van der Waals surface area contributed by atoms with Gasteiger partial charge in [-0.2, -0.15) is 0 Å². The van der Waals surface area contributed by atoms with E-state index in [2.05, 4.69) is 43.4 Å². The zero-order valence-corrected chi connectivity index (χ0v) is 12.3. The van der Waals surface area contributed by atoms with E-state index in [1.165, 1.54) is 11.1 Å². The van der Waals surface area contributed by atoms with Crippen molar-refractivity contribution < 1.29 is 0 Å². The summed E-state index contributed by atoms with van der Waals surface area (Å²) in [7, 11) is 0. The first kappa shape index (κ1) is 14.2. The highest BCUT2D eigenvalue weighted by molar-refractivity contribution is 6.13. The van der Waals surface area contributed by atoms with Crippen molar-refractivity contribution in [1.82, 2.24) is 4.98 Å². The van der Waals surface area contributed by atoms with Crippen LogP contribution in [0.4, 0.5) is 0 Å². The molecule has 1 heterocycles. The van der Waals surface area contributed by atoms with E-state index in [4.69, 9.17) is 0 Å². The van der Waals surface area contributed by atoms with Gasteiger partial charge >= 0.3 is 0 Å². The van der Waals surface area contributed by atoms with E-state index in [-0.39, 0.29) is 0 Å². The van der Waals surface area contributed by atoms with Crippen LogP contribution in [-0.4, -0.2) is 10.7 Å². The molecule has 2 heteroatoms. The molecule has 20 heavy (non-hydrogen) atoms. The number of aliphatic imine (C=N–C) groups is 1. The van der Waals surface area contributed by atoms with Gasteiger partial charge < -0.3 is 0 Å². The van der Waals surface area contributed by atoms with Gasteiger partial charge in [0.05, 0.1) is 11.4 Å². The highest BCUT2D eigenvalue weighted by Gasteiger charge is 2.11. The Kier molecular flexibility index (Phi) is 4.46. The van der Waals surface area contributed by atoms with Crippen molar-refractivity contribution in [3.8, 4) is 0 Å². The monoisotopic (exact) mass is 264 g/mol. The van der Waals surface area contributed by atoms with Gasteiger partial charge in [0, 0.05) is 18.0 Å². The summed E-state index contributed by atoms with van der Waals surface area (Å²) >= 11 is 0. The van der Waals surface area contributed by atoms with Crippen LogP contribution in [0.25, 0.3) is 5.70 Å². The molecule has 0 amide bonds. The van der Waals surface area contributed by atoms with E-state index in [1.807, 2.05) is 30.4 Å². The van der Waals surface area contributed by atoms with Crippen molar-refractivity contribution in [3.63, 3.8) is 0 Å². The third-order valence-corrected chi connectivity index (χ3v) is 3.45. The van der Waals surface area contributed by atoms with Crippen LogP contribution in [0.3, 0.4) is 0 Å². The molecule has 0 saturated heterocycles. The van der Waals surface area contributed by atoms with E-state index in [9.17, 15) is 0 Å². The Labute approximate surface area is 121 Å². The number of hydrogen-bond donors (Lipinski definition) is 0. The first-order valence-corrected chi connectivity index (χ1v) is 6.83. The predicted octanol–water partition coefficient (Wildman–Crippen LogP) is 4.59. The molecule has 1 aromatic rings. The Balaban J connectivity index is 2.37. The Morgan fingerprint density at radius 3 is 2.65 bits per heavy atom. The lowest BCUT2D eigenvalue weighted by atomic mass is 9.93. The Hall–Kier alpha value is -2.22. The fourth-order valence-corrected chi connectivity index (χ4v) is 1.96. The first-order valence-electron chi connectivity index (χ1n) is 6.83. The Bertz CT molecular complexity index is 614. The molecular formula is C18H20N2. The molecule has 0 fully saturated rings. The van der Waals surface area contributed by atoms with E-state index in [1.54, 1.807) is 12.4 Å². The van der Waals surface area contributed by atoms with E-state index >= 15 is 0 Å². The van der Waals surface area contributed by atoms with Crippen LogP contribution < -0.4 is 0 Å². The fourth-order valence-electron chi connectivity index (χ4n) is 1.96. The third-order valence-electron chi connectivity index (χ3n) is 3.45. The quantitative estimate of drug-likeness (QED) is 0.783. The minimum Gasteiger partial charge on any atom is -0.264 e. The molecule has 0 aromatic carbocycles. The molecule has 1 aliphatic carbocycles. The summed E-state index contributed by atoms with van der Waals surface area (Å²) < 4.78 is 0. The van der Waals surface area contributed by atoms with Crippen molar-refractivity contribution in [3.05, 3.63) is 72.1 Å². The van der Waals surface area contributed by atoms with Crippen LogP contribution >= 0.6 is 0 Å². The second-order valence-electron chi connectivity index (χ2n) is 5.16. The van der Waals surface area contributed by atoms with Crippen molar-refractivity contribution in [2.45, 2.75) is 20.8 Å². The van der Waals surface area contributed by atoms with E-state index in [0.29, 0.717) is 5.92 Å². The maximum Gasteiger partial charge on any atom is 0.0708 e. The van der Waals surface area contributed by atoms with Gasteiger partial charge in [-0.05, 0) is 36.6 Å². The van der Waals surface area contributed by atoms with Crippen LogP contribution in [0.15, 0.2) is 71.5 Å². The second kappa shape index (κ2) is 6.29. The Morgan fingerprint density at radius 1 is 1.25 bits per heavy atom. The number of nitrogens with zero attached hydrogens (tertiary/aromatic N) is 2. The minimum atomic E-state index is 0.498. The summed E-state index contributed by atoms with van der Waals surface area (Å²) in [6, 6.07) is 3.87. The average Bonchev–Trinajstić information content (AvgIpc) is 2.48. The number of rotatable bonds is 3. The first-order chi connectivity index (χ1) is 9.59. The van der Waals surface area contributed by atoms with Gasteiger partial charge in [-0.25, -0.2) is 4.99 Å². The summed E-state index contributed by atoms with van der Waals surface area (Å²) in [6.45, 7) is 10.6. The van der Waals surface area contributed by atoms with Crippen LogP contribution in [0.2, 0.25) is 0 Å². The zero-order valence-electron chi connectivity index (χ0n) is 12.3. The SMILES string of the molecule is C=C(N=C1C=CC=C/C1=C(/C)C(C)C)c1cccnc1. The molecule has 0 bridgehead atoms. The van der Waals surface area contributed by atoms with Crippen LogP contribution in [-0.2, 0) is 0 Å². The molecule has 1 aliphatic rings. The molecule has 0 aliphatic heterocycles. The van der Waals surface area contributed by atoms with Crippen molar-refractivity contribution in [2.75, 3.05) is 0 Å². The van der Waals surface area contributed by atoms with Gasteiger partial charge in [-0.15, -0.1) is 0 Å². The molecule has 0 atom stereocenters. The highest BCUT2D eigenvalue weighted by Crippen LogP contribution is 2.22.